The fourth-order valence-electron chi connectivity index (χ4n) is 1.94. The van der Waals surface area contributed by atoms with E-state index in [0.717, 1.165) is 19.4 Å². The van der Waals surface area contributed by atoms with Gasteiger partial charge in [-0.1, -0.05) is 24.6 Å². The van der Waals surface area contributed by atoms with Crippen LogP contribution in [0, 0.1) is 0 Å². The third-order valence-electron chi connectivity index (χ3n) is 2.92. The fourth-order valence-corrected chi connectivity index (χ4v) is 2.98. The Balaban J connectivity index is 0.00000180. The number of hydrogen-bond acceptors (Lipinski definition) is 4. The lowest BCUT2D eigenvalue weighted by atomic mass is 10.1. The van der Waals surface area contributed by atoms with Crippen LogP contribution in [0.2, 0.25) is 0 Å². The Kier molecular flexibility index (Phi) is 5.78. The van der Waals surface area contributed by atoms with Crippen molar-refractivity contribution in [3.8, 4) is 0 Å². The van der Waals surface area contributed by atoms with E-state index < -0.39 is 22.0 Å². The van der Waals surface area contributed by atoms with Crippen LogP contribution < -0.4 is 10.0 Å². The van der Waals surface area contributed by atoms with Crippen molar-refractivity contribution in [2.24, 2.45) is 0 Å². The van der Waals surface area contributed by atoms with Gasteiger partial charge in [-0.3, -0.25) is 4.79 Å². The molecule has 0 aliphatic carbocycles. The molecular weight excluding hydrogens is 288 g/mol. The van der Waals surface area contributed by atoms with E-state index in [9.17, 15) is 13.2 Å². The van der Waals surface area contributed by atoms with Gasteiger partial charge in [-0.15, -0.1) is 12.4 Å². The Labute approximate surface area is 119 Å². The maximum absolute atomic E-state index is 11.9. The molecule has 19 heavy (non-hydrogen) atoms. The Morgan fingerprint density at radius 1 is 1.21 bits per heavy atom. The van der Waals surface area contributed by atoms with Crippen molar-refractivity contribution in [1.82, 2.24) is 10.0 Å². The van der Waals surface area contributed by atoms with Gasteiger partial charge in [0.05, 0.1) is 10.9 Å². The Morgan fingerprint density at radius 3 is 2.47 bits per heavy atom. The molecule has 0 bridgehead atoms. The van der Waals surface area contributed by atoms with Crippen molar-refractivity contribution in [2.75, 3.05) is 6.54 Å². The second-order valence-corrected chi connectivity index (χ2v) is 5.97. The molecule has 7 heteroatoms. The SMILES string of the molecule is Cl.O=C(NS(=O)(=O)c1ccccc1)C1CCCCN1. The summed E-state index contributed by atoms with van der Waals surface area (Å²) in [6.45, 7) is 0.753. The first-order chi connectivity index (χ1) is 8.59. The molecule has 0 saturated carbocycles. The lowest BCUT2D eigenvalue weighted by Crippen LogP contribution is -2.48. The number of piperidine rings is 1. The largest absolute Gasteiger partial charge is 0.306 e. The number of rotatable bonds is 3. The highest BCUT2D eigenvalue weighted by Crippen LogP contribution is 2.10. The van der Waals surface area contributed by atoms with Gasteiger partial charge in [0.1, 0.15) is 0 Å². The van der Waals surface area contributed by atoms with Gasteiger partial charge in [0, 0.05) is 0 Å². The summed E-state index contributed by atoms with van der Waals surface area (Å²) in [5.74, 6) is -0.474. The number of hydrogen-bond donors (Lipinski definition) is 2. The number of amides is 1. The highest BCUT2D eigenvalue weighted by atomic mass is 35.5. The lowest BCUT2D eigenvalue weighted by molar-refractivity contribution is -0.121. The third-order valence-corrected chi connectivity index (χ3v) is 4.28. The van der Waals surface area contributed by atoms with Gasteiger partial charge >= 0.3 is 0 Å². The van der Waals surface area contributed by atoms with Crippen LogP contribution in [-0.4, -0.2) is 26.9 Å². The van der Waals surface area contributed by atoms with Gasteiger partial charge < -0.3 is 5.32 Å². The van der Waals surface area contributed by atoms with Crippen molar-refractivity contribution in [1.29, 1.82) is 0 Å². The first-order valence-corrected chi connectivity index (χ1v) is 7.43. The Hall–Kier alpha value is -1.11. The number of carbonyl (C=O) groups is 1. The van der Waals surface area contributed by atoms with Gasteiger partial charge in [0.15, 0.2) is 0 Å². The first-order valence-electron chi connectivity index (χ1n) is 5.95. The van der Waals surface area contributed by atoms with E-state index in [1.54, 1.807) is 18.2 Å². The summed E-state index contributed by atoms with van der Waals surface area (Å²) in [7, 11) is -3.75. The van der Waals surface area contributed by atoms with E-state index >= 15 is 0 Å². The molecular formula is C12H17ClN2O3S. The normalized spacial score (nSPS) is 19.3. The summed E-state index contributed by atoms with van der Waals surface area (Å²) in [6.07, 6.45) is 2.64. The van der Waals surface area contributed by atoms with Crippen molar-refractivity contribution in [3.05, 3.63) is 30.3 Å². The average molecular weight is 305 g/mol. The smallest absolute Gasteiger partial charge is 0.264 e. The molecule has 106 valence electrons. The van der Waals surface area contributed by atoms with E-state index in [1.807, 2.05) is 0 Å². The molecule has 1 fully saturated rings. The second-order valence-electron chi connectivity index (χ2n) is 4.29. The molecule has 2 N–H and O–H groups in total. The maximum atomic E-state index is 11.9. The lowest BCUT2D eigenvalue weighted by Gasteiger charge is -2.22. The van der Waals surface area contributed by atoms with Gasteiger partial charge in [0.2, 0.25) is 0 Å². The van der Waals surface area contributed by atoms with Crippen LogP contribution in [0.15, 0.2) is 35.2 Å². The second kappa shape index (κ2) is 6.88. The first kappa shape index (κ1) is 15.9. The molecule has 1 amide bonds. The van der Waals surface area contributed by atoms with Crippen LogP contribution in [0.1, 0.15) is 19.3 Å². The van der Waals surface area contributed by atoms with Crippen molar-refractivity contribution in [3.63, 3.8) is 0 Å². The maximum Gasteiger partial charge on any atom is 0.264 e. The van der Waals surface area contributed by atoms with Crippen molar-refractivity contribution < 1.29 is 13.2 Å². The van der Waals surface area contributed by atoms with E-state index in [0.29, 0.717) is 6.42 Å². The van der Waals surface area contributed by atoms with E-state index in [-0.39, 0.29) is 17.3 Å². The average Bonchev–Trinajstić information content (AvgIpc) is 2.40. The van der Waals surface area contributed by atoms with Gasteiger partial charge in [-0.25, -0.2) is 13.1 Å². The quantitative estimate of drug-likeness (QED) is 0.875. The molecule has 1 aliphatic rings. The molecule has 5 nitrogen and oxygen atoms in total. The number of sulfonamides is 1. The van der Waals surface area contributed by atoms with Crippen LogP contribution in [-0.2, 0) is 14.8 Å². The Bertz CT molecular complexity index is 513. The zero-order chi connectivity index (χ0) is 13.0. The van der Waals surface area contributed by atoms with Crippen LogP contribution >= 0.6 is 12.4 Å². The van der Waals surface area contributed by atoms with Crippen LogP contribution in [0.4, 0.5) is 0 Å². The summed E-state index contributed by atoms with van der Waals surface area (Å²) in [6, 6.07) is 7.49. The number of halogens is 1. The molecule has 1 atom stereocenters. The predicted octanol–water partition coefficient (Wildman–Crippen LogP) is 1.06. The Morgan fingerprint density at radius 2 is 1.89 bits per heavy atom. The van der Waals surface area contributed by atoms with E-state index in [2.05, 4.69) is 10.0 Å². The summed E-state index contributed by atoms with van der Waals surface area (Å²) < 4.78 is 26.0. The molecule has 1 aromatic rings. The minimum absolute atomic E-state index is 0. The summed E-state index contributed by atoms with van der Waals surface area (Å²) in [5.41, 5.74) is 0. The molecule has 2 rings (SSSR count). The highest BCUT2D eigenvalue weighted by molar-refractivity contribution is 7.90. The molecule has 1 aromatic carbocycles. The van der Waals surface area contributed by atoms with E-state index in [1.165, 1.54) is 12.1 Å². The molecule has 1 heterocycles. The zero-order valence-corrected chi connectivity index (χ0v) is 12.0. The molecule has 1 saturated heterocycles. The summed E-state index contributed by atoms with van der Waals surface area (Å²) in [5, 5.41) is 3.02. The molecule has 0 spiro atoms. The minimum atomic E-state index is -3.75. The summed E-state index contributed by atoms with van der Waals surface area (Å²) in [4.78, 5) is 11.9. The monoisotopic (exact) mass is 304 g/mol. The van der Waals surface area contributed by atoms with Crippen LogP contribution in [0.5, 0.6) is 0 Å². The van der Waals surface area contributed by atoms with Gasteiger partial charge in [0.25, 0.3) is 15.9 Å². The van der Waals surface area contributed by atoms with Gasteiger partial charge in [-0.05, 0) is 31.5 Å². The highest BCUT2D eigenvalue weighted by Gasteiger charge is 2.25. The zero-order valence-electron chi connectivity index (χ0n) is 10.3. The molecule has 1 unspecified atom stereocenters. The molecule has 1 aliphatic heterocycles. The fraction of sp³-hybridized carbons (Fsp3) is 0.417. The van der Waals surface area contributed by atoms with E-state index in [4.69, 9.17) is 0 Å². The van der Waals surface area contributed by atoms with Gasteiger partial charge in [-0.2, -0.15) is 0 Å². The van der Waals surface area contributed by atoms with Crippen LogP contribution in [0.25, 0.3) is 0 Å². The number of carbonyl (C=O) groups excluding carboxylic acids is 1. The summed E-state index contributed by atoms with van der Waals surface area (Å²) >= 11 is 0. The number of benzene rings is 1. The van der Waals surface area contributed by atoms with Crippen molar-refractivity contribution >= 4 is 28.3 Å². The number of nitrogens with one attached hydrogen (secondary N) is 2. The van der Waals surface area contributed by atoms with Crippen LogP contribution in [0.3, 0.4) is 0 Å². The van der Waals surface area contributed by atoms with Crippen molar-refractivity contribution in [2.45, 2.75) is 30.2 Å². The topological polar surface area (TPSA) is 75.3 Å². The third kappa shape index (κ3) is 4.19. The molecule has 0 aromatic heterocycles. The predicted molar refractivity (Wildman–Crippen MR) is 74.7 cm³/mol. The standard InChI is InChI=1S/C12H16N2O3S.ClH/c15-12(11-8-4-5-9-13-11)14-18(16,17)10-6-2-1-3-7-10;/h1-3,6-7,11,13H,4-5,8-9H2,(H,14,15);1H. The molecule has 0 radical (unpaired) electrons. The minimum Gasteiger partial charge on any atom is -0.306 e.